The Kier molecular flexibility index (Phi) is 6.48. The number of carbonyl (C=O) groups is 2. The lowest BCUT2D eigenvalue weighted by Gasteiger charge is -2.34. The molecule has 5 rings (SSSR count). The summed E-state index contributed by atoms with van der Waals surface area (Å²) in [7, 11) is 0. The van der Waals surface area contributed by atoms with Crippen LogP contribution in [0.25, 0.3) is 5.69 Å². The smallest absolute Gasteiger partial charge is 0.248 e. The molecule has 0 radical (unpaired) electrons. The third kappa shape index (κ3) is 5.22. The fourth-order valence-corrected chi connectivity index (χ4v) is 4.71. The van der Waals surface area contributed by atoms with Gasteiger partial charge in [-0.05, 0) is 52.9 Å². The number of rotatable bonds is 7. The number of nitrogens with one attached hydrogen (secondary N) is 1. The SMILES string of the molecule is CC(C)(C)[C@@H](C(=O)N1C[C@H](O)C[C@H]1C(=O)NCc1nnnn1-c1ccc(F)cc1)n1cc(C2CC2)nn1. The first-order valence-electron chi connectivity index (χ1n) is 12.3. The molecule has 1 aliphatic heterocycles. The third-order valence-electron chi connectivity index (χ3n) is 6.73. The van der Waals surface area contributed by atoms with Gasteiger partial charge in [-0.3, -0.25) is 9.59 Å². The molecule has 13 heteroatoms. The predicted octanol–water partition coefficient (Wildman–Crippen LogP) is 1.14. The normalized spacial score (nSPS) is 20.7. The van der Waals surface area contributed by atoms with Gasteiger partial charge in [0.05, 0.1) is 24.0 Å². The average Bonchev–Trinajstić information content (AvgIpc) is 3.22. The summed E-state index contributed by atoms with van der Waals surface area (Å²) in [5.74, 6) is -0.391. The molecule has 2 aromatic heterocycles. The minimum atomic E-state index is -0.867. The number of amides is 2. The van der Waals surface area contributed by atoms with Gasteiger partial charge in [0.25, 0.3) is 0 Å². The van der Waals surface area contributed by atoms with Crippen LogP contribution in [0.1, 0.15) is 63.5 Å². The Morgan fingerprint density at radius 2 is 1.89 bits per heavy atom. The van der Waals surface area contributed by atoms with Gasteiger partial charge in [-0.2, -0.15) is 4.68 Å². The van der Waals surface area contributed by atoms with E-state index in [1.54, 1.807) is 4.68 Å². The Balaban J connectivity index is 1.31. The van der Waals surface area contributed by atoms with Crippen LogP contribution in [0.2, 0.25) is 0 Å². The van der Waals surface area contributed by atoms with Crippen LogP contribution in [-0.2, 0) is 16.1 Å². The summed E-state index contributed by atoms with van der Waals surface area (Å²) in [4.78, 5) is 28.5. The molecule has 12 nitrogen and oxygen atoms in total. The fourth-order valence-electron chi connectivity index (χ4n) is 4.71. The van der Waals surface area contributed by atoms with Crippen molar-refractivity contribution < 1.29 is 19.1 Å². The van der Waals surface area contributed by atoms with Gasteiger partial charge in [0, 0.05) is 25.1 Å². The van der Waals surface area contributed by atoms with Gasteiger partial charge in [0.1, 0.15) is 17.9 Å². The van der Waals surface area contributed by atoms with Gasteiger partial charge >= 0.3 is 0 Å². The van der Waals surface area contributed by atoms with Crippen molar-refractivity contribution in [2.45, 2.75) is 70.7 Å². The van der Waals surface area contributed by atoms with Crippen molar-refractivity contribution in [2.75, 3.05) is 6.54 Å². The van der Waals surface area contributed by atoms with Gasteiger partial charge in [-0.15, -0.1) is 10.2 Å². The number of aromatic nitrogens is 7. The zero-order valence-corrected chi connectivity index (χ0v) is 21.0. The molecule has 0 unspecified atom stereocenters. The average molecular weight is 512 g/mol. The van der Waals surface area contributed by atoms with E-state index in [4.69, 9.17) is 0 Å². The molecule has 1 aromatic carbocycles. The van der Waals surface area contributed by atoms with Gasteiger partial charge in [-0.25, -0.2) is 9.07 Å². The Bertz CT molecular complexity index is 1280. The van der Waals surface area contributed by atoms with Crippen molar-refractivity contribution in [1.29, 1.82) is 0 Å². The second-order valence-corrected chi connectivity index (χ2v) is 10.8. The number of nitrogens with zero attached hydrogens (tertiary/aromatic N) is 8. The summed E-state index contributed by atoms with van der Waals surface area (Å²) < 4.78 is 16.3. The Morgan fingerprint density at radius 1 is 1.16 bits per heavy atom. The molecule has 3 atom stereocenters. The van der Waals surface area contributed by atoms with Crippen LogP contribution in [0.5, 0.6) is 0 Å². The van der Waals surface area contributed by atoms with Crippen LogP contribution in [0.3, 0.4) is 0 Å². The number of likely N-dealkylation sites (tertiary alicyclic amines) is 1. The zero-order valence-electron chi connectivity index (χ0n) is 21.0. The van der Waals surface area contributed by atoms with E-state index < -0.39 is 29.5 Å². The molecular formula is C24H30FN9O3. The topological polar surface area (TPSA) is 144 Å². The molecule has 37 heavy (non-hydrogen) atoms. The summed E-state index contributed by atoms with van der Waals surface area (Å²) in [5.41, 5.74) is 0.893. The molecule has 1 saturated heterocycles. The molecule has 2 fully saturated rings. The van der Waals surface area contributed by atoms with Crippen LogP contribution in [0.15, 0.2) is 30.5 Å². The number of hydrogen-bond acceptors (Lipinski definition) is 8. The Hall–Kier alpha value is -3.74. The van der Waals surface area contributed by atoms with Gasteiger partial charge in [-0.1, -0.05) is 26.0 Å². The number of β-amino-alcohol motifs (C(OH)–C–C–N with tert-alkyl or cyclic N) is 1. The van der Waals surface area contributed by atoms with E-state index in [1.807, 2.05) is 27.0 Å². The van der Waals surface area contributed by atoms with Crippen molar-refractivity contribution in [2.24, 2.45) is 5.41 Å². The van der Waals surface area contributed by atoms with E-state index in [9.17, 15) is 19.1 Å². The largest absolute Gasteiger partial charge is 0.391 e. The lowest BCUT2D eigenvalue weighted by atomic mass is 9.85. The summed E-state index contributed by atoms with van der Waals surface area (Å²) in [6.07, 6.45) is 3.24. The zero-order chi connectivity index (χ0) is 26.3. The monoisotopic (exact) mass is 511 g/mol. The maximum atomic E-state index is 13.8. The van der Waals surface area contributed by atoms with Crippen LogP contribution in [-0.4, -0.2) is 75.7 Å². The number of halogens is 1. The van der Waals surface area contributed by atoms with E-state index in [-0.39, 0.29) is 31.2 Å². The van der Waals surface area contributed by atoms with Gasteiger partial charge < -0.3 is 15.3 Å². The first-order chi connectivity index (χ1) is 17.6. The van der Waals surface area contributed by atoms with Crippen LogP contribution < -0.4 is 5.32 Å². The minimum Gasteiger partial charge on any atom is -0.391 e. The van der Waals surface area contributed by atoms with Crippen molar-refractivity contribution >= 4 is 11.8 Å². The van der Waals surface area contributed by atoms with Crippen molar-refractivity contribution in [1.82, 2.24) is 45.4 Å². The Labute approximate surface area is 212 Å². The number of aliphatic hydroxyl groups is 1. The number of tetrazole rings is 1. The summed E-state index contributed by atoms with van der Waals surface area (Å²) in [6.45, 7) is 5.83. The number of hydrogen-bond donors (Lipinski definition) is 2. The van der Waals surface area contributed by atoms with Gasteiger partial charge in [0.15, 0.2) is 5.82 Å². The maximum Gasteiger partial charge on any atom is 0.248 e. The molecular weight excluding hydrogens is 481 g/mol. The second kappa shape index (κ2) is 9.61. The third-order valence-corrected chi connectivity index (χ3v) is 6.73. The first kappa shape index (κ1) is 24.9. The highest BCUT2D eigenvalue weighted by atomic mass is 19.1. The molecule has 1 aliphatic carbocycles. The number of carbonyl (C=O) groups excluding carboxylic acids is 2. The molecule has 3 heterocycles. The molecule has 2 amide bonds. The molecule has 3 aromatic rings. The van der Waals surface area contributed by atoms with Crippen LogP contribution in [0.4, 0.5) is 4.39 Å². The second-order valence-electron chi connectivity index (χ2n) is 10.8. The van der Waals surface area contributed by atoms with E-state index in [0.29, 0.717) is 17.4 Å². The quantitative estimate of drug-likeness (QED) is 0.481. The molecule has 0 bridgehead atoms. The van der Waals surface area contributed by atoms with Crippen LogP contribution >= 0.6 is 0 Å². The maximum absolute atomic E-state index is 13.8. The minimum absolute atomic E-state index is 0.0195. The summed E-state index contributed by atoms with van der Waals surface area (Å²) >= 11 is 0. The molecule has 0 spiro atoms. The van der Waals surface area contributed by atoms with Crippen molar-refractivity contribution in [3.63, 3.8) is 0 Å². The standard InChI is InChI=1S/C24H30FN9O3/c1-24(2,3)21(33-13-18(27-30-33)14-4-5-14)23(37)32-12-17(35)10-19(32)22(36)26-11-20-28-29-31-34(20)16-8-6-15(25)7-9-16/h6-9,13-14,17,19,21,35H,4-5,10-12H2,1-3H3,(H,26,36)/t17-,19+,21-/m1/s1. The Morgan fingerprint density at radius 3 is 2.57 bits per heavy atom. The van der Waals surface area contributed by atoms with Crippen molar-refractivity contribution in [3.8, 4) is 5.69 Å². The van der Waals surface area contributed by atoms with E-state index in [2.05, 4.69) is 31.2 Å². The van der Waals surface area contributed by atoms with Gasteiger partial charge in [0.2, 0.25) is 11.8 Å². The van der Waals surface area contributed by atoms with Crippen molar-refractivity contribution in [3.05, 3.63) is 47.8 Å². The highest BCUT2D eigenvalue weighted by Gasteiger charge is 2.45. The molecule has 2 aliphatic rings. The molecule has 2 N–H and O–H groups in total. The molecule has 196 valence electrons. The highest BCUT2D eigenvalue weighted by molar-refractivity contribution is 5.90. The summed E-state index contributed by atoms with van der Waals surface area (Å²) in [5, 5.41) is 33.2. The van der Waals surface area contributed by atoms with E-state index >= 15 is 0 Å². The van der Waals surface area contributed by atoms with E-state index in [1.165, 1.54) is 33.8 Å². The summed E-state index contributed by atoms with van der Waals surface area (Å²) in [6, 6.07) is 4.06. The van der Waals surface area contributed by atoms with E-state index in [0.717, 1.165) is 18.5 Å². The fraction of sp³-hybridized carbons (Fsp3) is 0.542. The lowest BCUT2D eigenvalue weighted by molar-refractivity contribution is -0.144. The first-order valence-corrected chi connectivity index (χ1v) is 12.3. The predicted molar refractivity (Wildman–Crippen MR) is 128 cm³/mol. The van der Waals surface area contributed by atoms with Crippen LogP contribution in [0, 0.1) is 11.2 Å². The number of aliphatic hydroxyl groups excluding tert-OH is 1. The molecule has 1 saturated carbocycles. The lowest BCUT2D eigenvalue weighted by Crippen LogP contribution is -2.50. The highest BCUT2D eigenvalue weighted by Crippen LogP contribution is 2.40. The number of benzene rings is 1.